The molecule has 0 aromatic heterocycles. The van der Waals surface area contributed by atoms with Gasteiger partial charge in [0.05, 0.1) is 19.1 Å². The minimum Gasteiger partial charge on any atom is -0.493 e. The fraction of sp³-hybridized carbons (Fsp3) is 0.500. The normalized spacial score (nSPS) is 10.8. The summed E-state index contributed by atoms with van der Waals surface area (Å²) in [6.07, 6.45) is 6.68. The monoisotopic (exact) mass is 429 g/mol. The summed E-state index contributed by atoms with van der Waals surface area (Å²) in [5.74, 6) is 1.54. The van der Waals surface area contributed by atoms with Crippen LogP contribution in [0, 0.1) is 10.1 Å². The third kappa shape index (κ3) is 9.36. The fourth-order valence-corrected chi connectivity index (χ4v) is 3.39. The van der Waals surface area contributed by atoms with Crippen molar-refractivity contribution in [2.24, 2.45) is 0 Å². The van der Waals surface area contributed by atoms with Crippen LogP contribution in [0.5, 0.6) is 11.5 Å². The molecular weight excluding hydrogens is 394 g/mol. The summed E-state index contributed by atoms with van der Waals surface area (Å²) in [7, 11) is 3.31. The quantitative estimate of drug-likeness (QED) is 0.237. The maximum atomic E-state index is 10.7. The summed E-state index contributed by atoms with van der Waals surface area (Å²) in [6, 6.07) is 12.9. The Kier molecular flexibility index (Phi) is 11.4. The van der Waals surface area contributed by atoms with Gasteiger partial charge >= 0.3 is 0 Å². The number of nitro benzene ring substituents is 1. The molecule has 170 valence electrons. The number of nitrogens with one attached hydrogen (secondary N) is 2. The Morgan fingerprint density at radius 1 is 0.742 bits per heavy atom. The van der Waals surface area contributed by atoms with Crippen molar-refractivity contribution in [2.75, 3.05) is 40.4 Å². The molecule has 0 radical (unpaired) electrons. The smallest absolute Gasteiger partial charge is 0.269 e. The van der Waals surface area contributed by atoms with Crippen molar-refractivity contribution in [3.63, 3.8) is 0 Å². The number of hydrogen-bond acceptors (Lipinski definition) is 6. The molecule has 2 N–H and O–H groups in total. The molecule has 2 aromatic rings. The molecule has 0 atom stereocenters. The average molecular weight is 430 g/mol. The largest absolute Gasteiger partial charge is 0.493 e. The van der Waals surface area contributed by atoms with Gasteiger partial charge in [-0.2, -0.15) is 0 Å². The molecule has 0 spiro atoms. The van der Waals surface area contributed by atoms with Crippen LogP contribution in [0.25, 0.3) is 0 Å². The van der Waals surface area contributed by atoms with Gasteiger partial charge in [0.25, 0.3) is 5.69 Å². The first kappa shape index (κ1) is 24.6. The Balaban J connectivity index is 1.42. The molecule has 0 bridgehead atoms. The molecule has 0 aliphatic heterocycles. The second-order valence-electron chi connectivity index (χ2n) is 7.53. The van der Waals surface area contributed by atoms with Crippen LogP contribution in [-0.2, 0) is 12.8 Å². The predicted octanol–water partition coefficient (Wildman–Crippen LogP) is 4.14. The Morgan fingerprint density at radius 2 is 1.29 bits per heavy atom. The van der Waals surface area contributed by atoms with Crippen molar-refractivity contribution in [3.05, 3.63) is 63.7 Å². The third-order valence-electron chi connectivity index (χ3n) is 5.23. The number of hydrogen-bond donors (Lipinski definition) is 2. The Bertz CT molecular complexity index is 781. The van der Waals surface area contributed by atoms with Gasteiger partial charge in [0.1, 0.15) is 0 Å². The number of rotatable bonds is 16. The molecule has 0 heterocycles. The first-order chi connectivity index (χ1) is 15.1. The lowest BCUT2D eigenvalue weighted by Gasteiger charge is -2.10. The van der Waals surface area contributed by atoms with E-state index >= 15 is 0 Å². The summed E-state index contributed by atoms with van der Waals surface area (Å²) < 4.78 is 10.6. The zero-order valence-corrected chi connectivity index (χ0v) is 18.7. The highest BCUT2D eigenvalue weighted by Crippen LogP contribution is 2.27. The van der Waals surface area contributed by atoms with E-state index < -0.39 is 0 Å². The SMILES string of the molecule is COc1ccc(CCNCCCCCCNCCc2ccc([N+](=O)[O-])cc2)cc1OC. The van der Waals surface area contributed by atoms with Crippen LogP contribution >= 0.6 is 0 Å². The van der Waals surface area contributed by atoms with Gasteiger partial charge in [0.15, 0.2) is 11.5 Å². The van der Waals surface area contributed by atoms with Crippen molar-refractivity contribution in [3.8, 4) is 11.5 Å². The van der Waals surface area contributed by atoms with E-state index in [0.717, 1.165) is 56.1 Å². The first-order valence-corrected chi connectivity index (χ1v) is 11.0. The molecule has 0 aliphatic carbocycles. The van der Waals surface area contributed by atoms with E-state index in [1.807, 2.05) is 24.3 Å². The van der Waals surface area contributed by atoms with Gasteiger partial charge in [-0.1, -0.05) is 31.0 Å². The van der Waals surface area contributed by atoms with Gasteiger partial charge in [-0.25, -0.2) is 0 Å². The summed E-state index contributed by atoms with van der Waals surface area (Å²) in [5.41, 5.74) is 2.51. The molecule has 0 aliphatic rings. The maximum absolute atomic E-state index is 10.7. The molecule has 0 unspecified atom stereocenters. The molecule has 7 heteroatoms. The van der Waals surface area contributed by atoms with Gasteiger partial charge in [-0.3, -0.25) is 10.1 Å². The van der Waals surface area contributed by atoms with Crippen LogP contribution in [0.4, 0.5) is 5.69 Å². The summed E-state index contributed by atoms with van der Waals surface area (Å²) in [4.78, 5) is 10.3. The van der Waals surface area contributed by atoms with Crippen molar-refractivity contribution in [1.82, 2.24) is 10.6 Å². The highest BCUT2D eigenvalue weighted by atomic mass is 16.6. The number of methoxy groups -OCH3 is 2. The zero-order valence-electron chi connectivity index (χ0n) is 18.7. The maximum Gasteiger partial charge on any atom is 0.269 e. The molecule has 7 nitrogen and oxygen atoms in total. The lowest BCUT2D eigenvalue weighted by atomic mass is 10.1. The van der Waals surface area contributed by atoms with Crippen LogP contribution in [0.15, 0.2) is 42.5 Å². The van der Waals surface area contributed by atoms with E-state index in [1.165, 1.54) is 31.2 Å². The zero-order chi connectivity index (χ0) is 22.3. The fourth-order valence-electron chi connectivity index (χ4n) is 3.39. The van der Waals surface area contributed by atoms with E-state index in [0.29, 0.717) is 0 Å². The van der Waals surface area contributed by atoms with Gasteiger partial charge in [-0.15, -0.1) is 0 Å². The average Bonchev–Trinajstić information content (AvgIpc) is 2.79. The molecule has 0 saturated carbocycles. The lowest BCUT2D eigenvalue weighted by molar-refractivity contribution is -0.384. The minimum absolute atomic E-state index is 0.146. The number of unbranched alkanes of at least 4 members (excludes halogenated alkanes) is 3. The Hall–Kier alpha value is -2.64. The molecule has 2 aromatic carbocycles. The molecule has 0 saturated heterocycles. The standard InChI is InChI=1S/C24H35N3O4/c1-30-23-12-9-21(19-24(23)31-2)14-18-26-16-6-4-3-5-15-25-17-13-20-7-10-22(11-8-20)27(28)29/h7-12,19,25-26H,3-6,13-18H2,1-2H3. The van der Waals surface area contributed by atoms with Crippen molar-refractivity contribution >= 4 is 5.69 Å². The minimum atomic E-state index is -0.365. The summed E-state index contributed by atoms with van der Waals surface area (Å²) in [6.45, 7) is 3.91. The number of non-ortho nitro benzene ring substituents is 1. The van der Waals surface area contributed by atoms with E-state index in [9.17, 15) is 10.1 Å². The van der Waals surface area contributed by atoms with E-state index in [-0.39, 0.29) is 10.6 Å². The van der Waals surface area contributed by atoms with Crippen molar-refractivity contribution in [1.29, 1.82) is 0 Å². The van der Waals surface area contributed by atoms with E-state index in [2.05, 4.69) is 16.7 Å². The number of ether oxygens (including phenoxy) is 2. The first-order valence-electron chi connectivity index (χ1n) is 11.0. The lowest BCUT2D eigenvalue weighted by Crippen LogP contribution is -2.19. The topological polar surface area (TPSA) is 85.7 Å². The second-order valence-corrected chi connectivity index (χ2v) is 7.53. The summed E-state index contributed by atoms with van der Waals surface area (Å²) >= 11 is 0. The number of nitrogens with zero attached hydrogens (tertiary/aromatic N) is 1. The molecule has 2 rings (SSSR count). The summed E-state index contributed by atoms with van der Waals surface area (Å²) in [5, 5.41) is 17.6. The second kappa shape index (κ2) is 14.4. The van der Waals surface area contributed by atoms with Gasteiger partial charge in [0, 0.05) is 12.1 Å². The number of benzene rings is 2. The predicted molar refractivity (Wildman–Crippen MR) is 124 cm³/mol. The molecule has 0 amide bonds. The van der Waals surface area contributed by atoms with Crippen LogP contribution < -0.4 is 20.1 Å². The Morgan fingerprint density at radius 3 is 1.84 bits per heavy atom. The molecule has 31 heavy (non-hydrogen) atoms. The van der Waals surface area contributed by atoms with Gasteiger partial charge in [0.2, 0.25) is 0 Å². The molecule has 0 fully saturated rings. The van der Waals surface area contributed by atoms with E-state index in [4.69, 9.17) is 9.47 Å². The van der Waals surface area contributed by atoms with E-state index in [1.54, 1.807) is 26.4 Å². The highest BCUT2D eigenvalue weighted by molar-refractivity contribution is 5.42. The van der Waals surface area contributed by atoms with Crippen LogP contribution in [0.3, 0.4) is 0 Å². The Labute approximate surface area is 185 Å². The van der Waals surface area contributed by atoms with Crippen LogP contribution in [0.2, 0.25) is 0 Å². The van der Waals surface area contributed by atoms with Crippen molar-refractivity contribution < 1.29 is 14.4 Å². The molecular formula is C24H35N3O4. The van der Waals surface area contributed by atoms with Crippen LogP contribution in [-0.4, -0.2) is 45.3 Å². The number of nitro groups is 1. The van der Waals surface area contributed by atoms with Crippen LogP contribution in [0.1, 0.15) is 36.8 Å². The highest BCUT2D eigenvalue weighted by Gasteiger charge is 2.05. The van der Waals surface area contributed by atoms with Gasteiger partial charge < -0.3 is 20.1 Å². The van der Waals surface area contributed by atoms with Gasteiger partial charge in [-0.05, 0) is 75.1 Å². The third-order valence-corrected chi connectivity index (χ3v) is 5.23. The van der Waals surface area contributed by atoms with Crippen molar-refractivity contribution in [2.45, 2.75) is 38.5 Å².